The van der Waals surface area contributed by atoms with E-state index in [2.05, 4.69) is 4.90 Å². The molecule has 0 amide bonds. The molecule has 1 aliphatic heterocycles. The van der Waals surface area contributed by atoms with Crippen molar-refractivity contribution in [3.63, 3.8) is 0 Å². The maximum absolute atomic E-state index is 13.2. The molecule has 150 valence electrons. The molecule has 5 heteroatoms. The Bertz CT molecular complexity index is 1080. The maximum atomic E-state index is 13.2. The van der Waals surface area contributed by atoms with E-state index in [-0.39, 0.29) is 5.43 Å². The molecule has 0 N–H and O–H groups in total. The Balaban J connectivity index is 1.53. The van der Waals surface area contributed by atoms with Crippen molar-refractivity contribution < 1.29 is 13.9 Å². The lowest BCUT2D eigenvalue weighted by Gasteiger charge is -2.37. The fourth-order valence-electron chi connectivity index (χ4n) is 4.58. The van der Waals surface area contributed by atoms with Gasteiger partial charge in [-0.05, 0) is 42.7 Å². The summed E-state index contributed by atoms with van der Waals surface area (Å²) >= 11 is 0. The average Bonchev–Trinajstić information content (AvgIpc) is 2.79. The van der Waals surface area contributed by atoms with Gasteiger partial charge in [0.15, 0.2) is 0 Å². The molecule has 0 radical (unpaired) electrons. The molecule has 1 fully saturated rings. The number of hydrogen-bond acceptors (Lipinski definition) is 5. The summed E-state index contributed by atoms with van der Waals surface area (Å²) < 4.78 is 17.3. The standard InChI is InChI=1S/C24H25NO4/c1-27-18-9-7-16(8-10-18)21-14-28-24-19(23(21)26)11-12-22-20(24)13-25(15-29-22)17-5-3-2-4-6-17/h7-12,14,17H,2-6,13,15H2,1H3. The van der Waals surface area contributed by atoms with Gasteiger partial charge in [0, 0.05) is 12.6 Å². The second-order valence-electron chi connectivity index (χ2n) is 7.94. The third-order valence-electron chi connectivity index (χ3n) is 6.24. The highest BCUT2D eigenvalue weighted by molar-refractivity contribution is 5.85. The van der Waals surface area contributed by atoms with Gasteiger partial charge in [-0.3, -0.25) is 9.69 Å². The highest BCUT2D eigenvalue weighted by Gasteiger charge is 2.28. The Labute approximate surface area is 169 Å². The zero-order chi connectivity index (χ0) is 19.8. The number of rotatable bonds is 3. The Morgan fingerprint density at radius 1 is 1.03 bits per heavy atom. The van der Waals surface area contributed by atoms with Gasteiger partial charge in [0.1, 0.15) is 30.1 Å². The van der Waals surface area contributed by atoms with Gasteiger partial charge < -0.3 is 13.9 Å². The smallest absolute Gasteiger partial charge is 0.200 e. The van der Waals surface area contributed by atoms with Crippen molar-refractivity contribution in [1.82, 2.24) is 4.90 Å². The molecule has 2 aliphatic rings. The maximum Gasteiger partial charge on any atom is 0.200 e. The monoisotopic (exact) mass is 391 g/mol. The molecule has 1 aliphatic carbocycles. The van der Waals surface area contributed by atoms with Crippen molar-refractivity contribution in [1.29, 1.82) is 0 Å². The predicted octanol–water partition coefficient (Wildman–Crippen LogP) is 4.95. The third kappa shape index (κ3) is 3.29. The Morgan fingerprint density at radius 2 is 1.83 bits per heavy atom. The van der Waals surface area contributed by atoms with Gasteiger partial charge in [-0.2, -0.15) is 0 Å². The summed E-state index contributed by atoms with van der Waals surface area (Å²) in [7, 11) is 1.63. The van der Waals surface area contributed by atoms with Crippen LogP contribution in [0.3, 0.4) is 0 Å². The van der Waals surface area contributed by atoms with Crippen molar-refractivity contribution in [2.45, 2.75) is 44.7 Å². The first kappa shape index (κ1) is 18.3. The lowest BCUT2D eigenvalue weighted by atomic mass is 9.93. The second kappa shape index (κ2) is 7.56. The summed E-state index contributed by atoms with van der Waals surface area (Å²) in [6, 6.07) is 11.7. The van der Waals surface area contributed by atoms with Crippen molar-refractivity contribution in [3.05, 3.63) is 58.4 Å². The molecule has 29 heavy (non-hydrogen) atoms. The van der Waals surface area contributed by atoms with Crippen LogP contribution in [0.15, 0.2) is 51.9 Å². The van der Waals surface area contributed by atoms with E-state index >= 15 is 0 Å². The quantitative estimate of drug-likeness (QED) is 0.632. The number of nitrogens with zero attached hydrogens (tertiary/aromatic N) is 1. The molecule has 0 saturated heterocycles. The van der Waals surface area contributed by atoms with Gasteiger partial charge in [-0.1, -0.05) is 31.4 Å². The summed E-state index contributed by atoms with van der Waals surface area (Å²) in [5, 5.41) is 0.603. The van der Waals surface area contributed by atoms with E-state index in [9.17, 15) is 4.79 Å². The van der Waals surface area contributed by atoms with Gasteiger partial charge in [0.05, 0.1) is 23.6 Å². The van der Waals surface area contributed by atoms with Crippen LogP contribution in [0.1, 0.15) is 37.7 Å². The fourth-order valence-corrected chi connectivity index (χ4v) is 4.58. The van der Waals surface area contributed by atoms with E-state index in [1.807, 2.05) is 36.4 Å². The normalized spacial score (nSPS) is 17.7. The van der Waals surface area contributed by atoms with Crippen molar-refractivity contribution in [2.75, 3.05) is 13.8 Å². The lowest BCUT2D eigenvalue weighted by molar-refractivity contribution is 0.0406. The fraction of sp³-hybridized carbons (Fsp3) is 0.375. The van der Waals surface area contributed by atoms with Crippen LogP contribution >= 0.6 is 0 Å². The van der Waals surface area contributed by atoms with Crippen LogP contribution in [-0.2, 0) is 6.54 Å². The minimum atomic E-state index is -0.0194. The van der Waals surface area contributed by atoms with E-state index < -0.39 is 0 Å². The molecular weight excluding hydrogens is 366 g/mol. The summed E-state index contributed by atoms with van der Waals surface area (Å²) in [5.74, 6) is 1.58. The van der Waals surface area contributed by atoms with Gasteiger partial charge in [0.25, 0.3) is 0 Å². The molecule has 5 rings (SSSR count). The van der Waals surface area contributed by atoms with Crippen molar-refractivity contribution in [2.24, 2.45) is 0 Å². The Hall–Kier alpha value is -2.79. The van der Waals surface area contributed by atoms with E-state index in [1.165, 1.54) is 32.1 Å². The van der Waals surface area contributed by atoms with Crippen LogP contribution in [0.4, 0.5) is 0 Å². The molecule has 0 bridgehead atoms. The van der Waals surface area contributed by atoms with E-state index in [4.69, 9.17) is 13.9 Å². The number of benzene rings is 2. The molecule has 1 aromatic heterocycles. The van der Waals surface area contributed by atoms with Crippen LogP contribution in [0, 0.1) is 0 Å². The number of ether oxygens (including phenoxy) is 2. The largest absolute Gasteiger partial charge is 0.497 e. The highest BCUT2D eigenvalue weighted by Crippen LogP contribution is 2.35. The first-order valence-electron chi connectivity index (χ1n) is 10.3. The van der Waals surface area contributed by atoms with Crippen LogP contribution in [0.25, 0.3) is 22.1 Å². The molecule has 0 unspecified atom stereocenters. The molecule has 2 aromatic carbocycles. The van der Waals surface area contributed by atoms with Crippen LogP contribution in [0.2, 0.25) is 0 Å². The van der Waals surface area contributed by atoms with Crippen LogP contribution < -0.4 is 14.9 Å². The molecule has 3 aromatic rings. The summed E-state index contributed by atoms with van der Waals surface area (Å²) in [6.45, 7) is 1.37. The van der Waals surface area contributed by atoms with E-state index in [1.54, 1.807) is 13.4 Å². The van der Waals surface area contributed by atoms with Gasteiger partial charge in [-0.25, -0.2) is 0 Å². The minimum Gasteiger partial charge on any atom is -0.497 e. The number of methoxy groups -OCH3 is 1. The zero-order valence-electron chi connectivity index (χ0n) is 16.6. The summed E-state index contributed by atoms with van der Waals surface area (Å²) in [6.07, 6.45) is 7.90. The minimum absolute atomic E-state index is 0.0194. The molecular formula is C24H25NO4. The first-order valence-corrected chi connectivity index (χ1v) is 10.3. The number of hydrogen-bond donors (Lipinski definition) is 0. The Kier molecular flexibility index (Phi) is 4.76. The van der Waals surface area contributed by atoms with Gasteiger partial charge in [0.2, 0.25) is 5.43 Å². The van der Waals surface area contributed by atoms with Crippen LogP contribution in [-0.4, -0.2) is 24.8 Å². The second-order valence-corrected chi connectivity index (χ2v) is 7.94. The van der Waals surface area contributed by atoms with Crippen molar-refractivity contribution >= 4 is 11.0 Å². The molecule has 1 saturated carbocycles. The number of fused-ring (bicyclic) bond motifs is 3. The lowest BCUT2D eigenvalue weighted by Crippen LogP contribution is -2.41. The average molecular weight is 391 g/mol. The van der Waals surface area contributed by atoms with E-state index in [0.717, 1.165) is 29.2 Å². The van der Waals surface area contributed by atoms with Crippen LogP contribution in [0.5, 0.6) is 11.5 Å². The SMILES string of the molecule is COc1ccc(-c2coc3c4c(ccc3c2=O)OCN(C2CCCCC2)C4)cc1. The predicted molar refractivity (Wildman–Crippen MR) is 112 cm³/mol. The third-order valence-corrected chi connectivity index (χ3v) is 6.24. The molecule has 5 nitrogen and oxygen atoms in total. The summed E-state index contributed by atoms with van der Waals surface area (Å²) in [5.41, 5.74) is 2.98. The van der Waals surface area contributed by atoms with Crippen molar-refractivity contribution in [3.8, 4) is 22.6 Å². The topological polar surface area (TPSA) is 51.9 Å². The molecule has 0 spiro atoms. The Morgan fingerprint density at radius 3 is 2.59 bits per heavy atom. The zero-order valence-corrected chi connectivity index (χ0v) is 16.6. The van der Waals surface area contributed by atoms with Gasteiger partial charge in [-0.15, -0.1) is 0 Å². The van der Waals surface area contributed by atoms with Gasteiger partial charge >= 0.3 is 0 Å². The highest BCUT2D eigenvalue weighted by atomic mass is 16.5. The van der Waals surface area contributed by atoms with E-state index in [0.29, 0.717) is 29.3 Å². The first-order chi connectivity index (χ1) is 14.2. The summed E-state index contributed by atoms with van der Waals surface area (Å²) in [4.78, 5) is 15.6. The molecule has 0 atom stereocenters. The molecule has 2 heterocycles.